The Hall–Kier alpha value is -1.10. The Labute approximate surface area is 84.4 Å². The fourth-order valence-corrected chi connectivity index (χ4v) is 0.919. The van der Waals surface area contributed by atoms with Gasteiger partial charge in [0.25, 0.3) is 0 Å². The predicted octanol–water partition coefficient (Wildman–Crippen LogP) is -0.383. The highest BCUT2D eigenvalue weighted by atomic mass is 16.5. The van der Waals surface area contributed by atoms with E-state index in [2.05, 4.69) is 5.32 Å². The first-order chi connectivity index (χ1) is 6.60. The second kappa shape index (κ2) is 7.32. The van der Waals surface area contributed by atoms with Crippen LogP contribution >= 0.6 is 0 Å². The molecule has 0 aromatic rings. The van der Waals surface area contributed by atoms with E-state index in [0.717, 1.165) is 0 Å². The van der Waals surface area contributed by atoms with Gasteiger partial charge in [0, 0.05) is 13.6 Å². The van der Waals surface area contributed by atoms with Crippen LogP contribution in [0.4, 0.5) is 0 Å². The van der Waals surface area contributed by atoms with Crippen molar-refractivity contribution in [1.82, 2.24) is 10.2 Å². The third kappa shape index (κ3) is 6.42. The molecule has 0 saturated carbocycles. The minimum absolute atomic E-state index is 0.0589. The van der Waals surface area contributed by atoms with Crippen LogP contribution < -0.4 is 5.32 Å². The van der Waals surface area contributed by atoms with Gasteiger partial charge in [-0.15, -0.1) is 0 Å². The van der Waals surface area contributed by atoms with Crippen LogP contribution in [0.15, 0.2) is 0 Å². The van der Waals surface area contributed by atoms with Crippen LogP contribution in [0.3, 0.4) is 0 Å². The van der Waals surface area contributed by atoms with E-state index in [-0.39, 0.29) is 11.9 Å². The van der Waals surface area contributed by atoms with E-state index in [1.807, 2.05) is 0 Å². The van der Waals surface area contributed by atoms with Gasteiger partial charge in [0.05, 0.1) is 19.6 Å². The molecule has 0 aliphatic rings. The average molecular weight is 202 g/mol. The molecular weight excluding hydrogens is 184 g/mol. The second-order valence-electron chi connectivity index (χ2n) is 2.97. The van der Waals surface area contributed by atoms with Gasteiger partial charge < -0.3 is 10.1 Å². The molecule has 0 fully saturated rings. The van der Waals surface area contributed by atoms with Gasteiger partial charge in [0.1, 0.15) is 0 Å². The number of nitrogens with one attached hydrogen (secondary N) is 1. The van der Waals surface area contributed by atoms with E-state index in [1.54, 1.807) is 25.9 Å². The Bertz CT molecular complexity index is 194. The number of rotatable bonds is 6. The second-order valence-corrected chi connectivity index (χ2v) is 2.97. The van der Waals surface area contributed by atoms with Crippen molar-refractivity contribution < 1.29 is 14.3 Å². The zero-order chi connectivity index (χ0) is 11.0. The predicted molar refractivity (Wildman–Crippen MR) is 52.8 cm³/mol. The SMILES string of the molecule is CCOC(=O)CCN(C)CC(=O)NC. The normalized spacial score (nSPS) is 10.0. The number of carbonyl (C=O) groups excluding carboxylic acids is 2. The third-order valence-corrected chi connectivity index (χ3v) is 1.70. The van der Waals surface area contributed by atoms with Gasteiger partial charge in [-0.2, -0.15) is 0 Å². The molecule has 0 saturated heterocycles. The van der Waals surface area contributed by atoms with Gasteiger partial charge in [-0.25, -0.2) is 0 Å². The van der Waals surface area contributed by atoms with Crippen molar-refractivity contribution in [1.29, 1.82) is 0 Å². The number of carbonyl (C=O) groups is 2. The number of esters is 1. The number of hydrogen-bond donors (Lipinski definition) is 1. The van der Waals surface area contributed by atoms with Gasteiger partial charge in [-0.1, -0.05) is 0 Å². The molecule has 1 N–H and O–H groups in total. The monoisotopic (exact) mass is 202 g/mol. The summed E-state index contributed by atoms with van der Waals surface area (Å²) in [4.78, 5) is 23.7. The molecule has 0 radical (unpaired) electrons. The van der Waals surface area contributed by atoms with E-state index in [9.17, 15) is 9.59 Å². The van der Waals surface area contributed by atoms with Gasteiger partial charge in [-0.05, 0) is 14.0 Å². The Morgan fingerprint density at radius 2 is 2.07 bits per heavy atom. The number of hydrogen-bond acceptors (Lipinski definition) is 4. The largest absolute Gasteiger partial charge is 0.466 e. The zero-order valence-electron chi connectivity index (χ0n) is 9.00. The molecule has 0 heterocycles. The van der Waals surface area contributed by atoms with E-state index in [1.165, 1.54) is 0 Å². The summed E-state index contributed by atoms with van der Waals surface area (Å²) in [6.45, 7) is 3.01. The van der Waals surface area contributed by atoms with Crippen molar-refractivity contribution in [2.45, 2.75) is 13.3 Å². The first-order valence-corrected chi connectivity index (χ1v) is 4.64. The summed E-state index contributed by atoms with van der Waals surface area (Å²) in [6.07, 6.45) is 0.321. The molecule has 0 aromatic carbocycles. The highest BCUT2D eigenvalue weighted by Crippen LogP contribution is 1.90. The Morgan fingerprint density at radius 3 is 2.57 bits per heavy atom. The quantitative estimate of drug-likeness (QED) is 0.596. The molecule has 0 aliphatic heterocycles. The van der Waals surface area contributed by atoms with Crippen molar-refractivity contribution in [2.24, 2.45) is 0 Å². The smallest absolute Gasteiger partial charge is 0.307 e. The van der Waals surface area contributed by atoms with Crippen LogP contribution in [0, 0.1) is 0 Å². The van der Waals surface area contributed by atoms with Gasteiger partial charge in [-0.3, -0.25) is 14.5 Å². The number of amides is 1. The summed E-state index contributed by atoms with van der Waals surface area (Å²) in [5, 5.41) is 2.51. The molecule has 0 atom stereocenters. The fourth-order valence-electron chi connectivity index (χ4n) is 0.919. The van der Waals surface area contributed by atoms with Crippen LogP contribution in [0.1, 0.15) is 13.3 Å². The Kier molecular flexibility index (Phi) is 6.74. The maximum atomic E-state index is 11.0. The molecular formula is C9H18N2O3. The summed E-state index contributed by atoms with van der Waals surface area (Å²) in [7, 11) is 3.37. The average Bonchev–Trinajstić information content (AvgIpc) is 2.15. The van der Waals surface area contributed by atoms with Crippen molar-refractivity contribution in [3.05, 3.63) is 0 Å². The van der Waals surface area contributed by atoms with Crippen LogP contribution in [0.5, 0.6) is 0 Å². The van der Waals surface area contributed by atoms with Gasteiger partial charge >= 0.3 is 5.97 Å². The van der Waals surface area contributed by atoms with Crippen LogP contribution in [-0.4, -0.2) is 50.6 Å². The standard InChI is InChI=1S/C9H18N2O3/c1-4-14-9(13)5-6-11(3)7-8(12)10-2/h4-7H2,1-3H3,(H,10,12). The maximum absolute atomic E-state index is 11.0. The molecule has 5 heteroatoms. The third-order valence-electron chi connectivity index (χ3n) is 1.70. The minimum Gasteiger partial charge on any atom is -0.466 e. The van der Waals surface area contributed by atoms with Crippen molar-refractivity contribution in [3.63, 3.8) is 0 Å². The van der Waals surface area contributed by atoms with Crippen LogP contribution in [0.25, 0.3) is 0 Å². The van der Waals surface area contributed by atoms with Crippen LogP contribution in [0.2, 0.25) is 0 Å². The minimum atomic E-state index is -0.226. The Morgan fingerprint density at radius 1 is 1.43 bits per heavy atom. The maximum Gasteiger partial charge on any atom is 0.307 e. The Balaban J connectivity index is 3.57. The molecule has 0 unspecified atom stereocenters. The summed E-state index contributed by atoms with van der Waals surface area (Å²) in [5.41, 5.74) is 0. The van der Waals surface area contributed by atoms with Gasteiger partial charge in [0.2, 0.25) is 5.91 Å². The number of likely N-dealkylation sites (N-methyl/N-ethyl adjacent to an activating group) is 2. The number of ether oxygens (including phenoxy) is 1. The summed E-state index contributed by atoms with van der Waals surface area (Å²) in [5.74, 6) is -0.285. The molecule has 82 valence electrons. The number of nitrogens with zero attached hydrogens (tertiary/aromatic N) is 1. The molecule has 0 aromatic heterocycles. The van der Waals surface area contributed by atoms with E-state index >= 15 is 0 Å². The summed E-state index contributed by atoms with van der Waals surface area (Å²) < 4.78 is 4.76. The molecule has 5 nitrogen and oxygen atoms in total. The topological polar surface area (TPSA) is 58.6 Å². The summed E-state index contributed by atoms with van der Waals surface area (Å²) >= 11 is 0. The lowest BCUT2D eigenvalue weighted by atomic mass is 10.4. The first kappa shape index (κ1) is 12.9. The van der Waals surface area contributed by atoms with Crippen molar-refractivity contribution in [2.75, 3.05) is 33.8 Å². The van der Waals surface area contributed by atoms with Crippen LogP contribution in [-0.2, 0) is 14.3 Å². The lowest BCUT2D eigenvalue weighted by molar-refractivity contribution is -0.143. The van der Waals surface area contributed by atoms with E-state index in [4.69, 9.17) is 4.74 Å². The van der Waals surface area contributed by atoms with E-state index in [0.29, 0.717) is 26.1 Å². The van der Waals surface area contributed by atoms with Crippen molar-refractivity contribution in [3.8, 4) is 0 Å². The molecule has 1 amide bonds. The first-order valence-electron chi connectivity index (χ1n) is 4.64. The summed E-state index contributed by atoms with van der Waals surface area (Å²) in [6, 6.07) is 0. The van der Waals surface area contributed by atoms with Gasteiger partial charge in [0.15, 0.2) is 0 Å². The van der Waals surface area contributed by atoms with E-state index < -0.39 is 0 Å². The molecule has 0 bridgehead atoms. The highest BCUT2D eigenvalue weighted by Gasteiger charge is 2.07. The molecule has 0 rings (SSSR count). The lowest BCUT2D eigenvalue weighted by Crippen LogP contribution is -2.34. The molecule has 0 spiro atoms. The molecule has 14 heavy (non-hydrogen) atoms. The lowest BCUT2D eigenvalue weighted by Gasteiger charge is -2.14. The highest BCUT2D eigenvalue weighted by molar-refractivity contribution is 5.77. The zero-order valence-corrected chi connectivity index (χ0v) is 9.00. The fraction of sp³-hybridized carbons (Fsp3) is 0.778. The van der Waals surface area contributed by atoms with Crippen molar-refractivity contribution >= 4 is 11.9 Å². The molecule has 0 aliphatic carbocycles.